The van der Waals surface area contributed by atoms with E-state index in [1.165, 1.54) is 0 Å². The summed E-state index contributed by atoms with van der Waals surface area (Å²) in [6.07, 6.45) is 5.63. The van der Waals surface area contributed by atoms with Gasteiger partial charge in [-0.15, -0.1) is 0 Å². The molecule has 3 aromatic heterocycles. The van der Waals surface area contributed by atoms with Gasteiger partial charge in [0.25, 0.3) is 0 Å². The Balaban J connectivity index is 1.24. The number of benzene rings is 1. The fraction of sp³-hybridized carbons (Fsp3) is 0.370. The van der Waals surface area contributed by atoms with Gasteiger partial charge in [-0.1, -0.05) is 0 Å². The molecule has 0 spiro atoms. The number of nitrogens with zero attached hydrogens (tertiary/aromatic N) is 5. The first-order valence-electron chi connectivity index (χ1n) is 12.0. The first-order chi connectivity index (χ1) is 17.5. The second-order valence-electron chi connectivity index (χ2n) is 9.40. The van der Waals surface area contributed by atoms with Crippen LogP contribution in [0, 0.1) is 13.8 Å². The molecule has 0 amide bonds. The minimum Gasteiger partial charge on any atom is -0.493 e. The summed E-state index contributed by atoms with van der Waals surface area (Å²) in [5, 5.41) is 0. The summed E-state index contributed by atoms with van der Waals surface area (Å²) in [6, 6.07) is 8.12. The number of pyridine rings is 2. The Kier molecular flexibility index (Phi) is 5.64. The molecule has 0 saturated carbocycles. The lowest BCUT2D eigenvalue weighted by Gasteiger charge is -2.39. The van der Waals surface area contributed by atoms with Gasteiger partial charge in [0, 0.05) is 37.7 Å². The number of aromatic nitrogens is 4. The third kappa shape index (κ3) is 3.99. The van der Waals surface area contributed by atoms with Gasteiger partial charge in [0.2, 0.25) is 5.75 Å². The third-order valence-electron chi connectivity index (χ3n) is 6.93. The molecule has 0 aliphatic carbocycles. The highest BCUT2D eigenvalue weighted by atomic mass is 16.6. The molecule has 2 aliphatic heterocycles. The maximum absolute atomic E-state index is 6.35. The van der Waals surface area contributed by atoms with Crippen molar-refractivity contribution in [2.75, 3.05) is 38.8 Å². The van der Waals surface area contributed by atoms with Crippen LogP contribution in [0.3, 0.4) is 0 Å². The zero-order chi connectivity index (χ0) is 24.8. The lowest BCUT2D eigenvalue weighted by molar-refractivity contribution is 0.0787. The van der Waals surface area contributed by atoms with Crippen LogP contribution in [0.5, 0.6) is 17.2 Å². The molecule has 6 rings (SSSR count). The molecular formula is C27H29N5O4. The zero-order valence-corrected chi connectivity index (χ0v) is 20.9. The van der Waals surface area contributed by atoms with Gasteiger partial charge in [-0.25, -0.2) is 9.97 Å². The van der Waals surface area contributed by atoms with Crippen LogP contribution < -0.4 is 19.1 Å². The summed E-state index contributed by atoms with van der Waals surface area (Å²) < 4.78 is 25.6. The highest BCUT2D eigenvalue weighted by molar-refractivity contribution is 5.75. The molecule has 9 heteroatoms. The largest absolute Gasteiger partial charge is 0.493 e. The molecule has 186 valence electrons. The summed E-state index contributed by atoms with van der Waals surface area (Å²) in [4.78, 5) is 16.0. The summed E-state index contributed by atoms with van der Waals surface area (Å²) in [5.41, 5.74) is 6.90. The summed E-state index contributed by atoms with van der Waals surface area (Å²) >= 11 is 0. The lowest BCUT2D eigenvalue weighted by atomic mass is 10.0. The van der Waals surface area contributed by atoms with Crippen molar-refractivity contribution < 1.29 is 18.9 Å². The summed E-state index contributed by atoms with van der Waals surface area (Å²) in [7, 11) is 3.39. The average molecular weight is 488 g/mol. The van der Waals surface area contributed by atoms with E-state index in [9.17, 15) is 0 Å². The zero-order valence-electron chi connectivity index (χ0n) is 20.9. The van der Waals surface area contributed by atoms with Crippen LogP contribution in [0.4, 0.5) is 5.69 Å². The molecule has 1 atom stereocenters. The second-order valence-corrected chi connectivity index (χ2v) is 9.40. The van der Waals surface area contributed by atoms with Gasteiger partial charge < -0.3 is 28.4 Å². The van der Waals surface area contributed by atoms with Crippen molar-refractivity contribution in [3.8, 4) is 17.2 Å². The summed E-state index contributed by atoms with van der Waals surface area (Å²) in [5.74, 6) is 1.91. The fourth-order valence-electron chi connectivity index (χ4n) is 4.86. The fourth-order valence-corrected chi connectivity index (χ4v) is 4.86. The van der Waals surface area contributed by atoms with E-state index in [-0.39, 0.29) is 12.2 Å². The van der Waals surface area contributed by atoms with E-state index in [0.29, 0.717) is 30.4 Å². The molecule has 0 radical (unpaired) electrons. The molecule has 1 aromatic carbocycles. The van der Waals surface area contributed by atoms with E-state index in [1.807, 2.05) is 42.3 Å². The van der Waals surface area contributed by atoms with Gasteiger partial charge in [-0.2, -0.15) is 0 Å². The van der Waals surface area contributed by atoms with Crippen molar-refractivity contribution in [1.29, 1.82) is 0 Å². The number of fused-ring (bicyclic) bond motifs is 2. The van der Waals surface area contributed by atoms with Crippen LogP contribution in [0.15, 0.2) is 43.0 Å². The first kappa shape index (κ1) is 22.6. The predicted molar refractivity (Wildman–Crippen MR) is 135 cm³/mol. The van der Waals surface area contributed by atoms with E-state index >= 15 is 0 Å². The van der Waals surface area contributed by atoms with Crippen LogP contribution in [0.25, 0.3) is 11.2 Å². The Labute approximate surface area is 209 Å². The number of rotatable bonds is 6. The Morgan fingerprint density at radius 2 is 1.89 bits per heavy atom. The van der Waals surface area contributed by atoms with Gasteiger partial charge >= 0.3 is 0 Å². The average Bonchev–Trinajstić information content (AvgIpc) is 3.24. The quantitative estimate of drug-likeness (QED) is 0.406. The number of methoxy groups -OCH3 is 2. The van der Waals surface area contributed by atoms with Crippen LogP contribution >= 0.6 is 0 Å². The van der Waals surface area contributed by atoms with E-state index in [0.717, 1.165) is 52.3 Å². The van der Waals surface area contributed by atoms with Gasteiger partial charge in [0.1, 0.15) is 12.1 Å². The molecule has 0 bridgehead atoms. The molecule has 9 nitrogen and oxygen atoms in total. The number of anilines is 1. The molecule has 4 aromatic rings. The molecule has 36 heavy (non-hydrogen) atoms. The number of aryl methyl sites for hydroxylation is 2. The number of ether oxygens (including phenoxy) is 4. The highest BCUT2D eigenvalue weighted by Gasteiger charge is 2.29. The van der Waals surface area contributed by atoms with Gasteiger partial charge in [0.15, 0.2) is 23.3 Å². The number of hydrogen-bond donors (Lipinski definition) is 0. The van der Waals surface area contributed by atoms with Crippen molar-refractivity contribution in [3.05, 3.63) is 65.4 Å². The van der Waals surface area contributed by atoms with Gasteiger partial charge in [0.05, 0.1) is 38.0 Å². The number of imidazole rings is 1. The smallest absolute Gasteiger partial charge is 0.204 e. The van der Waals surface area contributed by atoms with Gasteiger partial charge in [-0.05, 0) is 49.2 Å². The van der Waals surface area contributed by atoms with Crippen LogP contribution in [0.2, 0.25) is 0 Å². The monoisotopic (exact) mass is 487 g/mol. The van der Waals surface area contributed by atoms with Crippen molar-refractivity contribution in [2.24, 2.45) is 0 Å². The van der Waals surface area contributed by atoms with Crippen LogP contribution in [-0.2, 0) is 11.3 Å². The SMILES string of the molecule is COc1cc(Cn2cnc3cc(N4CC(OC)C4)cnc32)cc2c1OC(c1cnc(C)cc1C)CO2. The normalized spacial score (nSPS) is 17.3. The number of hydrogen-bond acceptors (Lipinski definition) is 8. The Morgan fingerprint density at radius 3 is 2.67 bits per heavy atom. The molecular weight excluding hydrogens is 458 g/mol. The first-order valence-corrected chi connectivity index (χ1v) is 12.0. The predicted octanol–water partition coefficient (Wildman–Crippen LogP) is 3.85. The lowest BCUT2D eigenvalue weighted by Crippen LogP contribution is -2.51. The van der Waals surface area contributed by atoms with Crippen molar-refractivity contribution in [2.45, 2.75) is 32.6 Å². The molecule has 2 aliphatic rings. The van der Waals surface area contributed by atoms with E-state index in [2.05, 4.69) is 33.9 Å². The van der Waals surface area contributed by atoms with E-state index < -0.39 is 0 Å². The van der Waals surface area contributed by atoms with E-state index in [1.54, 1.807) is 14.2 Å². The molecule has 5 heterocycles. The maximum atomic E-state index is 6.35. The highest BCUT2D eigenvalue weighted by Crippen LogP contribution is 2.45. The van der Waals surface area contributed by atoms with Gasteiger partial charge in [-0.3, -0.25) is 4.98 Å². The van der Waals surface area contributed by atoms with Crippen LogP contribution in [-0.4, -0.2) is 59.5 Å². The Bertz CT molecular complexity index is 1410. The minimum absolute atomic E-state index is 0.244. The van der Waals surface area contributed by atoms with Crippen molar-refractivity contribution in [3.63, 3.8) is 0 Å². The second kappa shape index (κ2) is 8.98. The topological polar surface area (TPSA) is 83.8 Å². The van der Waals surface area contributed by atoms with Crippen molar-refractivity contribution >= 4 is 16.9 Å². The summed E-state index contributed by atoms with van der Waals surface area (Å²) in [6.45, 7) is 6.79. The Morgan fingerprint density at radius 1 is 1.03 bits per heavy atom. The standard InChI is InChI=1S/C27H29N5O4/c1-16-5-17(2)28-10-21(16)25-14-35-24-7-18(6-23(34-4)26(24)36-25)11-32-15-30-22-8-19(9-29-27(22)32)31-12-20(13-31)33-3/h5-10,15,20,25H,11-14H2,1-4H3. The van der Waals surface area contributed by atoms with Crippen molar-refractivity contribution in [1.82, 2.24) is 19.5 Å². The maximum Gasteiger partial charge on any atom is 0.204 e. The molecule has 1 fully saturated rings. The third-order valence-corrected chi connectivity index (χ3v) is 6.93. The molecule has 1 saturated heterocycles. The van der Waals surface area contributed by atoms with Crippen LogP contribution in [0.1, 0.15) is 28.5 Å². The van der Waals surface area contributed by atoms with E-state index in [4.69, 9.17) is 23.9 Å². The molecule has 1 unspecified atom stereocenters. The molecule has 0 N–H and O–H groups in total. The Hall–Kier alpha value is -3.85. The minimum atomic E-state index is -0.244.